The van der Waals surface area contributed by atoms with Crippen molar-refractivity contribution in [1.82, 2.24) is 0 Å². The number of benzene rings is 1. The van der Waals surface area contributed by atoms with Crippen molar-refractivity contribution in [2.45, 2.75) is 5.62 Å². The molecule has 2 rings (SSSR count). The molecule has 0 spiro atoms. The first-order chi connectivity index (χ1) is 5.29. The molecule has 0 aromatic heterocycles. The number of nitrogens with one attached hydrogen (secondary N) is 1. The van der Waals surface area contributed by atoms with E-state index in [1.54, 1.807) is 0 Å². The number of nitrogens with zero attached hydrogens (tertiary/aromatic N) is 1. The van der Waals surface area contributed by atoms with Crippen molar-refractivity contribution in [3.63, 3.8) is 0 Å². The Bertz CT molecular complexity index is 275. The average Bonchev–Trinajstić information content (AvgIpc) is 2.30. The zero-order valence-corrected chi connectivity index (χ0v) is 6.97. The summed E-state index contributed by atoms with van der Waals surface area (Å²) >= 11 is 5.94. The summed E-state index contributed by atoms with van der Waals surface area (Å²) in [6.45, 7) is 0. The number of hydrogen-bond acceptors (Lipinski definition) is 2. The summed E-state index contributed by atoms with van der Waals surface area (Å²) in [5.41, 5.74) is 2.16. The van der Waals surface area contributed by atoms with Gasteiger partial charge in [0.25, 0.3) is 0 Å². The summed E-state index contributed by atoms with van der Waals surface area (Å²) in [7, 11) is 1.97. The standard InChI is InChI=1S/C8H9ClN2/c1-11-7-5-3-2-4-6(7)10-8(11)9/h2-5,8,10H,1H3. The summed E-state index contributed by atoms with van der Waals surface area (Å²) in [5, 5.41) is 3.14. The minimum atomic E-state index is -0.104. The van der Waals surface area contributed by atoms with Gasteiger partial charge in [-0.1, -0.05) is 23.7 Å². The number of alkyl halides is 1. The van der Waals surface area contributed by atoms with Crippen molar-refractivity contribution < 1.29 is 0 Å². The molecular weight excluding hydrogens is 160 g/mol. The van der Waals surface area contributed by atoms with Gasteiger partial charge in [0.05, 0.1) is 11.4 Å². The highest BCUT2D eigenvalue weighted by atomic mass is 35.5. The van der Waals surface area contributed by atoms with E-state index in [1.807, 2.05) is 36.2 Å². The molecule has 2 nitrogen and oxygen atoms in total. The van der Waals surface area contributed by atoms with E-state index in [9.17, 15) is 0 Å². The summed E-state index contributed by atoms with van der Waals surface area (Å²) in [4.78, 5) is 2.00. The maximum atomic E-state index is 5.94. The fourth-order valence-electron chi connectivity index (χ4n) is 1.25. The Morgan fingerprint density at radius 1 is 1.45 bits per heavy atom. The van der Waals surface area contributed by atoms with Crippen molar-refractivity contribution in [2.24, 2.45) is 0 Å². The molecule has 0 saturated carbocycles. The highest BCUT2D eigenvalue weighted by Crippen LogP contribution is 2.33. The van der Waals surface area contributed by atoms with Crippen molar-refractivity contribution in [3.8, 4) is 0 Å². The van der Waals surface area contributed by atoms with Gasteiger partial charge in [-0.15, -0.1) is 0 Å². The number of anilines is 2. The molecule has 0 saturated heterocycles. The third-order valence-electron chi connectivity index (χ3n) is 1.90. The van der Waals surface area contributed by atoms with Crippen LogP contribution in [0.4, 0.5) is 11.4 Å². The van der Waals surface area contributed by atoms with Gasteiger partial charge in [-0.05, 0) is 12.1 Å². The van der Waals surface area contributed by atoms with Gasteiger partial charge in [-0.25, -0.2) is 0 Å². The Hall–Kier alpha value is -0.890. The van der Waals surface area contributed by atoms with Crippen LogP contribution in [0, 0.1) is 0 Å². The van der Waals surface area contributed by atoms with Crippen LogP contribution in [0.15, 0.2) is 24.3 Å². The third-order valence-corrected chi connectivity index (χ3v) is 2.30. The van der Waals surface area contributed by atoms with Gasteiger partial charge >= 0.3 is 0 Å². The average molecular weight is 169 g/mol. The molecule has 3 heteroatoms. The van der Waals surface area contributed by atoms with Crippen LogP contribution in [0.5, 0.6) is 0 Å². The van der Waals surface area contributed by atoms with E-state index in [0.29, 0.717) is 0 Å². The Balaban J connectivity index is 2.47. The largest absolute Gasteiger partial charge is 0.351 e. The van der Waals surface area contributed by atoms with Gasteiger partial charge in [0, 0.05) is 7.05 Å². The van der Waals surface area contributed by atoms with Crippen LogP contribution in [0.3, 0.4) is 0 Å². The number of hydrogen-bond donors (Lipinski definition) is 1. The van der Waals surface area contributed by atoms with Crippen LogP contribution in [0.1, 0.15) is 0 Å². The lowest BCUT2D eigenvalue weighted by molar-refractivity contribution is 0.961. The topological polar surface area (TPSA) is 15.3 Å². The fraction of sp³-hybridized carbons (Fsp3) is 0.250. The molecule has 0 radical (unpaired) electrons. The Kier molecular flexibility index (Phi) is 1.43. The van der Waals surface area contributed by atoms with Gasteiger partial charge in [0.1, 0.15) is 0 Å². The highest BCUT2D eigenvalue weighted by Gasteiger charge is 2.21. The molecule has 0 bridgehead atoms. The normalized spacial score (nSPS) is 21.3. The highest BCUT2D eigenvalue weighted by molar-refractivity contribution is 6.24. The quantitative estimate of drug-likeness (QED) is 0.471. The minimum Gasteiger partial charge on any atom is -0.351 e. The molecule has 1 aliphatic heterocycles. The zero-order chi connectivity index (χ0) is 7.84. The van der Waals surface area contributed by atoms with E-state index < -0.39 is 0 Å². The first-order valence-electron chi connectivity index (χ1n) is 3.51. The molecule has 1 unspecified atom stereocenters. The summed E-state index contributed by atoms with van der Waals surface area (Å²) in [6.07, 6.45) is 0. The Morgan fingerprint density at radius 3 is 2.91 bits per heavy atom. The van der Waals surface area contributed by atoms with E-state index in [1.165, 1.54) is 0 Å². The maximum absolute atomic E-state index is 5.94. The van der Waals surface area contributed by atoms with Crippen LogP contribution in [0.25, 0.3) is 0 Å². The van der Waals surface area contributed by atoms with E-state index in [0.717, 1.165) is 11.4 Å². The van der Waals surface area contributed by atoms with Gasteiger partial charge in [-0.3, -0.25) is 0 Å². The lowest BCUT2D eigenvalue weighted by Gasteiger charge is -2.14. The molecule has 1 aromatic rings. The van der Waals surface area contributed by atoms with E-state index in [-0.39, 0.29) is 5.62 Å². The molecule has 58 valence electrons. The van der Waals surface area contributed by atoms with Gasteiger partial charge in [-0.2, -0.15) is 0 Å². The summed E-state index contributed by atoms with van der Waals surface area (Å²) in [5.74, 6) is 0. The lowest BCUT2D eigenvalue weighted by Crippen LogP contribution is -2.25. The zero-order valence-electron chi connectivity index (χ0n) is 6.21. The summed E-state index contributed by atoms with van der Waals surface area (Å²) < 4.78 is 0. The second kappa shape index (κ2) is 2.31. The smallest absolute Gasteiger partial charge is 0.177 e. The Morgan fingerprint density at radius 2 is 2.18 bits per heavy atom. The first kappa shape index (κ1) is 6.80. The lowest BCUT2D eigenvalue weighted by atomic mass is 10.3. The summed E-state index contributed by atoms with van der Waals surface area (Å²) in [6, 6.07) is 8.07. The van der Waals surface area contributed by atoms with Crippen LogP contribution >= 0.6 is 11.6 Å². The van der Waals surface area contributed by atoms with Crippen molar-refractivity contribution in [1.29, 1.82) is 0 Å². The maximum Gasteiger partial charge on any atom is 0.177 e. The second-order valence-corrected chi connectivity index (χ2v) is 3.02. The van der Waals surface area contributed by atoms with Gasteiger partial charge in [0.2, 0.25) is 0 Å². The van der Waals surface area contributed by atoms with Crippen molar-refractivity contribution >= 4 is 23.0 Å². The van der Waals surface area contributed by atoms with Gasteiger partial charge in [0.15, 0.2) is 5.62 Å². The molecule has 11 heavy (non-hydrogen) atoms. The van der Waals surface area contributed by atoms with Crippen LogP contribution < -0.4 is 10.2 Å². The Labute approximate surface area is 70.8 Å². The van der Waals surface area contributed by atoms with Gasteiger partial charge < -0.3 is 10.2 Å². The number of para-hydroxylation sites is 2. The first-order valence-corrected chi connectivity index (χ1v) is 3.95. The molecule has 1 heterocycles. The van der Waals surface area contributed by atoms with Crippen LogP contribution in [0.2, 0.25) is 0 Å². The molecule has 0 amide bonds. The van der Waals surface area contributed by atoms with E-state index >= 15 is 0 Å². The van der Waals surface area contributed by atoms with Crippen molar-refractivity contribution in [2.75, 3.05) is 17.3 Å². The molecule has 1 aromatic carbocycles. The monoisotopic (exact) mass is 168 g/mol. The predicted molar refractivity (Wildman–Crippen MR) is 48.1 cm³/mol. The van der Waals surface area contributed by atoms with Crippen LogP contribution in [-0.4, -0.2) is 12.7 Å². The van der Waals surface area contributed by atoms with E-state index in [4.69, 9.17) is 11.6 Å². The number of rotatable bonds is 0. The third kappa shape index (κ3) is 0.942. The SMILES string of the molecule is CN1c2ccccc2NC1Cl. The number of fused-ring (bicyclic) bond motifs is 1. The molecule has 0 fully saturated rings. The molecular formula is C8H9ClN2. The van der Waals surface area contributed by atoms with E-state index in [2.05, 4.69) is 5.32 Å². The minimum absolute atomic E-state index is 0.104. The molecule has 1 atom stereocenters. The molecule has 1 aliphatic rings. The molecule has 0 aliphatic carbocycles. The van der Waals surface area contributed by atoms with Crippen molar-refractivity contribution in [3.05, 3.63) is 24.3 Å². The fourth-order valence-corrected chi connectivity index (χ4v) is 1.47. The number of halogens is 1. The predicted octanol–water partition coefficient (Wildman–Crippen LogP) is 2.07. The second-order valence-electron chi connectivity index (χ2n) is 2.61. The van der Waals surface area contributed by atoms with Crippen LogP contribution in [-0.2, 0) is 0 Å². The molecule has 1 N–H and O–H groups in total.